The zero-order valence-corrected chi connectivity index (χ0v) is 22.3. The van der Waals surface area contributed by atoms with Gasteiger partial charge in [0.1, 0.15) is 6.23 Å². The van der Waals surface area contributed by atoms with Gasteiger partial charge < -0.3 is 14.6 Å². The second kappa shape index (κ2) is 11.5. The molecule has 3 rings (SSSR count). The van der Waals surface area contributed by atoms with E-state index in [1.807, 2.05) is 0 Å². The number of nitrogens with zero attached hydrogens (tertiary/aromatic N) is 1. The summed E-state index contributed by atoms with van der Waals surface area (Å²) in [5, 5.41) is 3.56. The van der Waals surface area contributed by atoms with Gasteiger partial charge in [-0.25, -0.2) is 0 Å². The van der Waals surface area contributed by atoms with Crippen LogP contribution in [0.3, 0.4) is 0 Å². The van der Waals surface area contributed by atoms with Crippen LogP contribution in [0.5, 0.6) is 0 Å². The maximum absolute atomic E-state index is 6.83. The Hall–Kier alpha value is -1.84. The summed E-state index contributed by atoms with van der Waals surface area (Å²) in [5.74, 6) is 0.840. The SMILES string of the molecule is CC/C(C)=C(\C)c1ccn(C(CC)OC(C)C(C)c2cccc3c2CNCC3)c1C(C)CC. The van der Waals surface area contributed by atoms with Crippen LogP contribution in [0.2, 0.25) is 0 Å². The molecular formula is C30H46N2O. The number of benzene rings is 1. The molecule has 1 aliphatic rings. The highest BCUT2D eigenvalue weighted by molar-refractivity contribution is 5.69. The van der Waals surface area contributed by atoms with Crippen molar-refractivity contribution in [3.05, 3.63) is 64.0 Å². The molecule has 3 nitrogen and oxygen atoms in total. The van der Waals surface area contributed by atoms with E-state index in [-0.39, 0.29) is 12.3 Å². The van der Waals surface area contributed by atoms with Crippen LogP contribution < -0.4 is 5.32 Å². The van der Waals surface area contributed by atoms with Gasteiger partial charge in [0, 0.05) is 24.4 Å². The highest BCUT2D eigenvalue weighted by atomic mass is 16.5. The van der Waals surface area contributed by atoms with Crippen LogP contribution in [0.4, 0.5) is 0 Å². The van der Waals surface area contributed by atoms with E-state index in [0.717, 1.165) is 38.8 Å². The molecule has 0 saturated heterocycles. The molecule has 4 atom stereocenters. The predicted molar refractivity (Wildman–Crippen MR) is 142 cm³/mol. The molecule has 1 aromatic heterocycles. The van der Waals surface area contributed by atoms with Gasteiger partial charge in [0.05, 0.1) is 6.10 Å². The number of rotatable bonds is 10. The summed E-state index contributed by atoms with van der Waals surface area (Å²) in [6.07, 6.45) is 6.75. The molecular weight excluding hydrogens is 404 g/mol. The normalized spacial score (nSPS) is 18.3. The average Bonchev–Trinajstić information content (AvgIpc) is 3.29. The molecule has 1 aromatic carbocycles. The van der Waals surface area contributed by atoms with Gasteiger partial charge >= 0.3 is 0 Å². The summed E-state index contributed by atoms with van der Waals surface area (Å²) in [7, 11) is 0. The van der Waals surface area contributed by atoms with Gasteiger partial charge in [-0.3, -0.25) is 0 Å². The minimum absolute atomic E-state index is 0.0487. The number of ether oxygens (including phenoxy) is 1. The van der Waals surface area contributed by atoms with E-state index in [9.17, 15) is 0 Å². The van der Waals surface area contributed by atoms with Crippen LogP contribution in [-0.4, -0.2) is 17.2 Å². The van der Waals surface area contributed by atoms with Crippen molar-refractivity contribution in [1.29, 1.82) is 0 Å². The Kier molecular flexibility index (Phi) is 9.01. The first kappa shape index (κ1) is 25.8. The molecule has 4 unspecified atom stereocenters. The van der Waals surface area contributed by atoms with Crippen molar-refractivity contribution >= 4 is 5.57 Å². The van der Waals surface area contributed by atoms with Gasteiger partial charge in [-0.05, 0) is 92.8 Å². The lowest BCUT2D eigenvalue weighted by Gasteiger charge is -2.31. The van der Waals surface area contributed by atoms with E-state index in [1.54, 1.807) is 0 Å². The lowest BCUT2D eigenvalue weighted by Crippen LogP contribution is -2.28. The standard InChI is InChI=1S/C30H46N2O/c1-9-20(4)22(6)27-16-18-32(30(27)21(5)10-2)29(11-3)33-24(8)23(7)26-14-12-13-25-15-17-31-19-28(25)26/h12-14,16,18,21,23-24,29,31H,9-11,15,17,19H2,1-8H3/b22-20+. The molecule has 0 bridgehead atoms. The Bertz CT molecular complexity index is 954. The Morgan fingerprint density at radius 2 is 1.82 bits per heavy atom. The van der Waals surface area contributed by atoms with Crippen LogP contribution in [0.1, 0.15) is 121 Å². The van der Waals surface area contributed by atoms with Crippen LogP contribution in [0.25, 0.3) is 5.57 Å². The molecule has 0 radical (unpaired) electrons. The first-order valence-corrected chi connectivity index (χ1v) is 13.2. The molecule has 0 fully saturated rings. The maximum Gasteiger partial charge on any atom is 0.133 e. The van der Waals surface area contributed by atoms with Crippen molar-refractivity contribution < 1.29 is 4.74 Å². The Balaban J connectivity index is 1.90. The van der Waals surface area contributed by atoms with E-state index < -0.39 is 0 Å². The number of allylic oxidation sites excluding steroid dienone is 2. The largest absolute Gasteiger partial charge is 0.354 e. The van der Waals surface area contributed by atoms with Gasteiger partial charge in [0.15, 0.2) is 0 Å². The molecule has 0 spiro atoms. The fourth-order valence-corrected chi connectivity index (χ4v) is 5.18. The van der Waals surface area contributed by atoms with Gasteiger partial charge in [-0.1, -0.05) is 58.4 Å². The quantitative estimate of drug-likeness (QED) is 0.397. The maximum atomic E-state index is 6.83. The molecule has 2 heterocycles. The Labute approximate surface area is 202 Å². The van der Waals surface area contributed by atoms with E-state index >= 15 is 0 Å². The van der Waals surface area contributed by atoms with Crippen molar-refractivity contribution in [2.75, 3.05) is 6.54 Å². The highest BCUT2D eigenvalue weighted by Gasteiger charge is 2.26. The lowest BCUT2D eigenvalue weighted by atomic mass is 9.87. The minimum Gasteiger partial charge on any atom is -0.354 e. The van der Waals surface area contributed by atoms with Crippen LogP contribution in [0.15, 0.2) is 36.0 Å². The summed E-state index contributed by atoms with van der Waals surface area (Å²) in [6, 6.07) is 9.14. The molecule has 1 N–H and O–H groups in total. The summed E-state index contributed by atoms with van der Waals surface area (Å²) in [5.41, 5.74) is 10.1. The number of aromatic nitrogens is 1. The lowest BCUT2D eigenvalue weighted by molar-refractivity contribution is -0.0581. The van der Waals surface area contributed by atoms with E-state index in [2.05, 4.69) is 95.7 Å². The number of fused-ring (bicyclic) bond motifs is 1. The molecule has 1 aliphatic heterocycles. The van der Waals surface area contributed by atoms with E-state index in [0.29, 0.717) is 11.8 Å². The molecule has 3 heteroatoms. The fourth-order valence-electron chi connectivity index (χ4n) is 5.18. The minimum atomic E-state index is 0.0487. The molecule has 2 aromatic rings. The molecule has 0 saturated carbocycles. The van der Waals surface area contributed by atoms with Crippen LogP contribution in [0, 0.1) is 0 Å². The van der Waals surface area contributed by atoms with Crippen molar-refractivity contribution in [3.63, 3.8) is 0 Å². The second-order valence-corrected chi connectivity index (χ2v) is 9.99. The Morgan fingerprint density at radius 3 is 2.48 bits per heavy atom. The summed E-state index contributed by atoms with van der Waals surface area (Å²) < 4.78 is 9.27. The third-order valence-corrected chi connectivity index (χ3v) is 8.02. The van der Waals surface area contributed by atoms with Gasteiger partial charge in [0.2, 0.25) is 0 Å². The number of hydrogen-bond acceptors (Lipinski definition) is 2. The first-order valence-electron chi connectivity index (χ1n) is 13.2. The predicted octanol–water partition coefficient (Wildman–Crippen LogP) is 7.97. The zero-order chi connectivity index (χ0) is 24.1. The average molecular weight is 451 g/mol. The highest BCUT2D eigenvalue weighted by Crippen LogP contribution is 2.36. The third kappa shape index (κ3) is 5.46. The molecule has 182 valence electrons. The summed E-state index contributed by atoms with van der Waals surface area (Å²) in [4.78, 5) is 0. The number of hydrogen-bond donors (Lipinski definition) is 1. The van der Waals surface area contributed by atoms with Crippen molar-refractivity contribution in [2.24, 2.45) is 0 Å². The summed E-state index contributed by atoms with van der Waals surface area (Å²) in [6.45, 7) is 20.3. The molecule has 33 heavy (non-hydrogen) atoms. The monoisotopic (exact) mass is 450 g/mol. The Morgan fingerprint density at radius 1 is 1.06 bits per heavy atom. The molecule has 0 amide bonds. The number of nitrogens with one attached hydrogen (secondary N) is 1. The fraction of sp³-hybridized carbons (Fsp3) is 0.600. The van der Waals surface area contributed by atoms with Crippen molar-refractivity contribution in [2.45, 2.75) is 112 Å². The van der Waals surface area contributed by atoms with Gasteiger partial charge in [-0.2, -0.15) is 0 Å². The van der Waals surface area contributed by atoms with Crippen molar-refractivity contribution in [3.8, 4) is 0 Å². The first-order chi connectivity index (χ1) is 15.8. The van der Waals surface area contributed by atoms with E-state index in [4.69, 9.17) is 4.74 Å². The third-order valence-electron chi connectivity index (χ3n) is 8.02. The van der Waals surface area contributed by atoms with Crippen LogP contribution in [-0.2, 0) is 17.7 Å². The van der Waals surface area contributed by atoms with Crippen molar-refractivity contribution in [1.82, 2.24) is 9.88 Å². The zero-order valence-electron chi connectivity index (χ0n) is 22.3. The molecule has 0 aliphatic carbocycles. The topological polar surface area (TPSA) is 26.2 Å². The summed E-state index contributed by atoms with van der Waals surface area (Å²) >= 11 is 0. The van der Waals surface area contributed by atoms with Gasteiger partial charge in [0.25, 0.3) is 0 Å². The smallest absolute Gasteiger partial charge is 0.133 e. The van der Waals surface area contributed by atoms with E-state index in [1.165, 1.54) is 39.1 Å². The van der Waals surface area contributed by atoms with Gasteiger partial charge in [-0.15, -0.1) is 0 Å². The second-order valence-electron chi connectivity index (χ2n) is 9.99. The van der Waals surface area contributed by atoms with Crippen LogP contribution >= 0.6 is 0 Å².